The molecule has 0 aliphatic carbocycles. The summed E-state index contributed by atoms with van der Waals surface area (Å²) in [5.74, 6) is -0.418. The highest BCUT2D eigenvalue weighted by Crippen LogP contribution is 2.27. The molecule has 1 aliphatic rings. The van der Waals surface area contributed by atoms with Crippen LogP contribution >= 0.6 is 39.7 Å². The van der Waals surface area contributed by atoms with E-state index in [2.05, 4.69) is 31.5 Å². The Bertz CT molecular complexity index is 1070. The van der Waals surface area contributed by atoms with Crippen molar-refractivity contribution in [2.24, 2.45) is 0 Å². The first-order valence-electron chi connectivity index (χ1n) is 9.01. The van der Waals surface area contributed by atoms with Crippen LogP contribution in [0.1, 0.15) is 10.4 Å². The molecule has 0 spiro atoms. The van der Waals surface area contributed by atoms with E-state index >= 15 is 0 Å². The maximum atomic E-state index is 12.5. The number of para-hydroxylation sites is 2. The third-order valence-corrected chi connectivity index (χ3v) is 6.93. The van der Waals surface area contributed by atoms with Gasteiger partial charge in [0.25, 0.3) is 5.91 Å². The second kappa shape index (κ2) is 9.61. The molecule has 0 radical (unpaired) electrons. The zero-order valence-electron chi connectivity index (χ0n) is 16.1. The van der Waals surface area contributed by atoms with Gasteiger partial charge in [0.1, 0.15) is 0 Å². The van der Waals surface area contributed by atoms with Crippen LogP contribution in [0.4, 0.5) is 11.4 Å². The van der Waals surface area contributed by atoms with Gasteiger partial charge in [0, 0.05) is 30.7 Å². The first kappa shape index (κ1) is 23.0. The predicted octanol–water partition coefficient (Wildman–Crippen LogP) is 3.31. The summed E-state index contributed by atoms with van der Waals surface area (Å²) >= 11 is 14.7. The Morgan fingerprint density at radius 1 is 1.13 bits per heavy atom. The zero-order valence-corrected chi connectivity index (χ0v) is 20.0. The molecule has 7 nitrogen and oxygen atoms in total. The molecule has 1 amide bonds. The number of halogens is 2. The average Bonchev–Trinajstić information content (AvgIpc) is 2.69. The Kier molecular flexibility index (Phi) is 7.35. The molecule has 1 heterocycles. The Morgan fingerprint density at radius 2 is 1.80 bits per heavy atom. The largest absolute Gasteiger partial charge is 0.367 e. The van der Waals surface area contributed by atoms with E-state index < -0.39 is 15.9 Å². The van der Waals surface area contributed by atoms with Crippen molar-refractivity contribution in [1.29, 1.82) is 0 Å². The lowest BCUT2D eigenvalue weighted by atomic mass is 10.2. The van der Waals surface area contributed by atoms with Crippen molar-refractivity contribution in [3.63, 3.8) is 0 Å². The van der Waals surface area contributed by atoms with E-state index in [0.29, 0.717) is 36.8 Å². The summed E-state index contributed by atoms with van der Waals surface area (Å²) in [6.07, 6.45) is 1.22. The van der Waals surface area contributed by atoms with Crippen molar-refractivity contribution in [3.05, 3.63) is 57.5 Å². The molecule has 0 bridgehead atoms. The number of hydrogen-bond acceptors (Lipinski definition) is 5. The Morgan fingerprint density at radius 3 is 2.47 bits per heavy atom. The van der Waals surface area contributed by atoms with E-state index in [0.717, 1.165) is 15.8 Å². The molecule has 3 rings (SSSR count). The predicted molar refractivity (Wildman–Crippen MR) is 128 cm³/mol. The highest BCUT2D eigenvalue weighted by atomic mass is 79.9. The SMILES string of the molecule is CS(=O)(=O)N1CCN(c2ccccc2NC(=S)NC(=O)c2cc(Br)ccc2Cl)CC1. The van der Waals surface area contributed by atoms with E-state index in [1.807, 2.05) is 24.3 Å². The zero-order chi connectivity index (χ0) is 21.9. The number of anilines is 2. The maximum absolute atomic E-state index is 12.5. The summed E-state index contributed by atoms with van der Waals surface area (Å²) in [7, 11) is -3.20. The van der Waals surface area contributed by atoms with Crippen molar-refractivity contribution in [2.45, 2.75) is 0 Å². The van der Waals surface area contributed by atoms with Crippen molar-refractivity contribution in [2.75, 3.05) is 42.7 Å². The third-order valence-electron chi connectivity index (χ3n) is 4.60. The van der Waals surface area contributed by atoms with Gasteiger partial charge in [-0.3, -0.25) is 10.1 Å². The summed E-state index contributed by atoms with van der Waals surface area (Å²) in [5.41, 5.74) is 1.90. The quantitative estimate of drug-likeness (QED) is 0.589. The van der Waals surface area contributed by atoms with E-state index in [1.54, 1.807) is 18.2 Å². The number of thiocarbonyl (C=S) groups is 1. The number of carbonyl (C=O) groups is 1. The van der Waals surface area contributed by atoms with Gasteiger partial charge < -0.3 is 10.2 Å². The van der Waals surface area contributed by atoms with Crippen LogP contribution in [0.15, 0.2) is 46.9 Å². The van der Waals surface area contributed by atoms with E-state index in [1.165, 1.54) is 10.6 Å². The molecule has 1 aliphatic heterocycles. The van der Waals surface area contributed by atoms with Gasteiger partial charge in [-0.05, 0) is 42.5 Å². The van der Waals surface area contributed by atoms with Gasteiger partial charge in [0.05, 0.1) is 28.2 Å². The molecule has 1 fully saturated rings. The molecule has 30 heavy (non-hydrogen) atoms. The van der Waals surface area contributed by atoms with Crippen LogP contribution in [-0.4, -0.2) is 56.2 Å². The van der Waals surface area contributed by atoms with E-state index in [4.69, 9.17) is 23.8 Å². The van der Waals surface area contributed by atoms with Gasteiger partial charge in [0.2, 0.25) is 10.0 Å². The van der Waals surface area contributed by atoms with Crippen molar-refractivity contribution >= 4 is 72.2 Å². The highest BCUT2D eigenvalue weighted by Gasteiger charge is 2.24. The topological polar surface area (TPSA) is 81.8 Å². The van der Waals surface area contributed by atoms with Crippen molar-refractivity contribution in [1.82, 2.24) is 9.62 Å². The Labute approximate surface area is 194 Å². The number of piperazine rings is 1. The standard InChI is InChI=1S/C19H20BrClN4O3S2/c1-30(27,28)25-10-8-24(9-11-25)17-5-3-2-4-16(17)22-19(29)23-18(26)14-12-13(20)6-7-15(14)21/h2-7,12H,8-11H2,1H3,(H2,22,23,26,29). The number of sulfonamides is 1. The minimum absolute atomic E-state index is 0.137. The van der Waals surface area contributed by atoms with Crippen LogP contribution in [-0.2, 0) is 10.0 Å². The van der Waals surface area contributed by atoms with Gasteiger partial charge in [0.15, 0.2) is 5.11 Å². The van der Waals surface area contributed by atoms with E-state index in [-0.39, 0.29) is 5.11 Å². The summed E-state index contributed by atoms with van der Waals surface area (Å²) < 4.78 is 25.7. The molecular formula is C19H20BrClN4O3S2. The van der Waals surface area contributed by atoms with Crippen LogP contribution in [0.25, 0.3) is 0 Å². The molecule has 0 aromatic heterocycles. The Balaban J connectivity index is 1.68. The van der Waals surface area contributed by atoms with E-state index in [9.17, 15) is 13.2 Å². The average molecular weight is 532 g/mol. The molecule has 2 aromatic carbocycles. The van der Waals surface area contributed by atoms with Gasteiger partial charge in [-0.1, -0.05) is 39.7 Å². The number of carbonyl (C=O) groups excluding carboxylic acids is 1. The van der Waals surface area contributed by atoms with Crippen molar-refractivity contribution in [3.8, 4) is 0 Å². The number of nitrogens with zero attached hydrogens (tertiary/aromatic N) is 2. The molecule has 160 valence electrons. The van der Waals surface area contributed by atoms with Crippen LogP contribution in [0.3, 0.4) is 0 Å². The van der Waals surface area contributed by atoms with Gasteiger partial charge >= 0.3 is 0 Å². The Hall–Kier alpha value is -1.72. The summed E-state index contributed by atoms with van der Waals surface area (Å²) in [6.45, 7) is 1.93. The third kappa shape index (κ3) is 5.70. The summed E-state index contributed by atoms with van der Waals surface area (Å²) in [5, 5.41) is 6.15. The van der Waals surface area contributed by atoms with Gasteiger partial charge in [-0.2, -0.15) is 4.31 Å². The number of amides is 1. The summed E-state index contributed by atoms with van der Waals surface area (Å²) in [6, 6.07) is 12.5. The lowest BCUT2D eigenvalue weighted by Crippen LogP contribution is -2.48. The fraction of sp³-hybridized carbons (Fsp3) is 0.263. The fourth-order valence-corrected chi connectivity index (χ4v) is 4.70. The molecule has 0 unspecified atom stereocenters. The minimum atomic E-state index is -3.20. The maximum Gasteiger partial charge on any atom is 0.258 e. The molecule has 0 atom stereocenters. The highest BCUT2D eigenvalue weighted by molar-refractivity contribution is 9.10. The number of nitrogens with one attached hydrogen (secondary N) is 2. The molecule has 1 saturated heterocycles. The smallest absolute Gasteiger partial charge is 0.258 e. The number of rotatable bonds is 4. The lowest BCUT2D eigenvalue weighted by Gasteiger charge is -2.35. The molecular weight excluding hydrogens is 512 g/mol. The monoisotopic (exact) mass is 530 g/mol. The number of hydrogen-bond donors (Lipinski definition) is 2. The molecule has 0 saturated carbocycles. The van der Waals surface area contributed by atoms with Crippen LogP contribution in [0.2, 0.25) is 5.02 Å². The molecule has 2 N–H and O–H groups in total. The minimum Gasteiger partial charge on any atom is -0.367 e. The van der Waals surface area contributed by atoms with Crippen LogP contribution in [0.5, 0.6) is 0 Å². The lowest BCUT2D eigenvalue weighted by molar-refractivity contribution is 0.0978. The normalized spacial score (nSPS) is 15.0. The first-order chi connectivity index (χ1) is 14.1. The van der Waals surface area contributed by atoms with Crippen LogP contribution in [0, 0.1) is 0 Å². The fourth-order valence-electron chi connectivity index (χ4n) is 3.11. The van der Waals surface area contributed by atoms with Gasteiger partial charge in [-0.15, -0.1) is 0 Å². The first-order valence-corrected chi connectivity index (χ1v) is 12.4. The molecule has 11 heteroatoms. The second-order valence-electron chi connectivity index (χ2n) is 6.70. The second-order valence-corrected chi connectivity index (χ2v) is 10.4. The summed E-state index contributed by atoms with van der Waals surface area (Å²) in [4.78, 5) is 14.6. The van der Waals surface area contributed by atoms with Gasteiger partial charge in [-0.25, -0.2) is 8.42 Å². The molecule has 2 aromatic rings. The number of benzene rings is 2. The van der Waals surface area contributed by atoms with Crippen LogP contribution < -0.4 is 15.5 Å². The van der Waals surface area contributed by atoms with Crippen molar-refractivity contribution < 1.29 is 13.2 Å².